The highest BCUT2D eigenvalue weighted by Crippen LogP contribution is 2.13. The van der Waals surface area contributed by atoms with Crippen molar-refractivity contribution in [3.8, 4) is 0 Å². The van der Waals surface area contributed by atoms with E-state index in [-0.39, 0.29) is 0 Å². The largest absolute Gasteiger partial charge is 0.339 e. The van der Waals surface area contributed by atoms with Crippen LogP contribution in [0.4, 0.5) is 0 Å². The molecule has 0 radical (unpaired) electrons. The minimum absolute atomic E-state index is 0.809. The smallest absolute Gasteiger partial charge is 0.168 e. The van der Waals surface area contributed by atoms with Crippen molar-refractivity contribution in [1.29, 1.82) is 0 Å². The molecule has 0 spiro atoms. The minimum Gasteiger partial charge on any atom is -0.339 e. The van der Waals surface area contributed by atoms with Crippen LogP contribution in [-0.4, -0.2) is 28.4 Å². The molecule has 1 heterocycles. The van der Waals surface area contributed by atoms with Crippen LogP contribution in [0.3, 0.4) is 0 Å². The van der Waals surface area contributed by atoms with Gasteiger partial charge in [0, 0.05) is 31.4 Å². The molecule has 1 aromatic heterocycles. The van der Waals surface area contributed by atoms with Gasteiger partial charge in [-0.2, -0.15) is 0 Å². The molecule has 0 aliphatic carbocycles. The van der Waals surface area contributed by atoms with E-state index in [9.17, 15) is 0 Å². The van der Waals surface area contributed by atoms with Crippen LogP contribution in [-0.2, 0) is 19.0 Å². The molecule has 0 aliphatic rings. The van der Waals surface area contributed by atoms with Crippen molar-refractivity contribution >= 4 is 58.8 Å². The molecule has 4 rings (SSSR count). The normalized spacial score (nSPS) is 11.2. The summed E-state index contributed by atoms with van der Waals surface area (Å²) in [5, 5.41) is 7.72. The molecule has 3 aromatic carbocycles. The van der Waals surface area contributed by atoms with Gasteiger partial charge in [0.2, 0.25) is 0 Å². The summed E-state index contributed by atoms with van der Waals surface area (Å²) >= 11 is 10.1. The van der Waals surface area contributed by atoms with Gasteiger partial charge in [0.1, 0.15) is 0 Å². The van der Waals surface area contributed by atoms with E-state index in [2.05, 4.69) is 94.6 Å². The Morgan fingerprint density at radius 2 is 1.23 bits per heavy atom. The van der Waals surface area contributed by atoms with E-state index in [1.54, 1.807) is 10.7 Å². The molecule has 0 fully saturated rings. The predicted molar refractivity (Wildman–Crippen MR) is 141 cm³/mol. The summed E-state index contributed by atoms with van der Waals surface area (Å²) in [4.78, 5) is 4.32. The zero-order valence-electron chi connectivity index (χ0n) is 17.2. The lowest BCUT2D eigenvalue weighted by atomic mass is 10.2. The monoisotopic (exact) mass is 456 g/mol. The second kappa shape index (κ2) is 10.0. The number of imidazole rings is 1. The molecule has 0 bridgehead atoms. The Morgan fingerprint density at radius 1 is 0.710 bits per heavy atom. The maximum atomic E-state index is 5.07. The average molecular weight is 457 g/mol. The summed E-state index contributed by atoms with van der Waals surface area (Å²) in [5.74, 6) is 0. The van der Waals surface area contributed by atoms with Gasteiger partial charge >= 0.3 is 0 Å². The van der Waals surface area contributed by atoms with E-state index in [1.807, 2.05) is 12.5 Å². The summed E-state index contributed by atoms with van der Waals surface area (Å²) in [6, 6.07) is 29.0. The van der Waals surface area contributed by atoms with Crippen molar-refractivity contribution in [2.24, 2.45) is 0 Å². The number of benzene rings is 3. The van der Waals surface area contributed by atoms with Crippen molar-refractivity contribution < 1.29 is 0 Å². The Hall–Kier alpha value is -2.73. The number of nitrogens with zero attached hydrogens (tertiary/aromatic N) is 2. The molecular formula is C26H24N2S2Si. The molecule has 0 saturated carbocycles. The van der Waals surface area contributed by atoms with Gasteiger partial charge in [0.25, 0.3) is 0 Å². The number of rotatable bonds is 9. The Labute approximate surface area is 195 Å². The van der Waals surface area contributed by atoms with Crippen LogP contribution in [0.15, 0.2) is 97.6 Å². The van der Waals surface area contributed by atoms with E-state index < -0.39 is 8.07 Å². The minimum atomic E-state index is -2.37. The van der Waals surface area contributed by atoms with E-state index in [0.717, 1.165) is 19.0 Å². The van der Waals surface area contributed by atoms with Crippen LogP contribution in [0.1, 0.15) is 11.1 Å². The highest BCUT2D eigenvalue weighted by molar-refractivity contribution is 7.79. The third-order valence-corrected chi connectivity index (χ3v) is 10.9. The molecule has 0 aliphatic heterocycles. The Morgan fingerprint density at radius 3 is 1.68 bits per heavy atom. The third-order valence-electron chi connectivity index (χ3n) is 5.78. The maximum Gasteiger partial charge on any atom is 0.168 e. The molecular weight excluding hydrogens is 433 g/mol. The molecule has 31 heavy (non-hydrogen) atoms. The Kier molecular flexibility index (Phi) is 6.97. The van der Waals surface area contributed by atoms with Crippen molar-refractivity contribution in [2.45, 2.75) is 19.0 Å². The summed E-state index contributed by atoms with van der Waals surface area (Å²) in [5.41, 5.74) is 2.49. The van der Waals surface area contributed by atoms with Crippen molar-refractivity contribution in [2.75, 3.05) is 0 Å². The van der Waals surface area contributed by atoms with Crippen molar-refractivity contribution in [1.82, 2.24) is 9.55 Å². The fraction of sp³-hybridized carbons (Fsp3) is 0.115. The Balaban J connectivity index is 1.93. The molecule has 5 heteroatoms. The maximum absolute atomic E-state index is 5.07. The van der Waals surface area contributed by atoms with Gasteiger partial charge in [0.05, 0.1) is 6.33 Å². The second-order valence-corrected chi connectivity index (χ2v) is 12.2. The molecule has 0 N–H and O–H groups in total. The summed E-state index contributed by atoms with van der Waals surface area (Å²) in [7, 11) is -2.37. The number of hydrogen-bond donors (Lipinski definition) is 0. The van der Waals surface area contributed by atoms with Crippen LogP contribution in [0, 0.1) is 0 Å². The van der Waals surface area contributed by atoms with Crippen molar-refractivity contribution in [3.05, 3.63) is 109 Å². The molecule has 0 unspecified atom stereocenters. The summed E-state index contributed by atoms with van der Waals surface area (Å²) in [6.07, 6.45) is 8.34. The number of aromatic nitrogens is 2. The Bertz CT molecular complexity index is 1070. The first-order valence-electron chi connectivity index (χ1n) is 10.3. The first-order chi connectivity index (χ1) is 15.3. The zero-order valence-corrected chi connectivity index (χ0v) is 19.9. The first-order valence-corrected chi connectivity index (χ1v) is 13.5. The number of hydrogen-bond acceptors (Lipinski definition) is 3. The topological polar surface area (TPSA) is 17.8 Å². The fourth-order valence-electron chi connectivity index (χ4n) is 4.19. The van der Waals surface area contributed by atoms with Gasteiger partial charge in [-0.3, -0.25) is 0 Å². The summed E-state index contributed by atoms with van der Waals surface area (Å²) < 4.78 is 2.22. The molecule has 0 amide bonds. The molecule has 4 aromatic rings. The highest BCUT2D eigenvalue weighted by atomic mass is 32.1. The van der Waals surface area contributed by atoms with Crippen LogP contribution < -0.4 is 15.6 Å². The average Bonchev–Trinajstić information content (AvgIpc) is 3.33. The second-order valence-electron chi connectivity index (χ2n) is 7.64. The van der Waals surface area contributed by atoms with E-state index >= 15 is 0 Å². The van der Waals surface area contributed by atoms with Gasteiger partial charge in [-0.05, 0) is 37.4 Å². The highest BCUT2D eigenvalue weighted by Gasteiger charge is 2.39. The van der Waals surface area contributed by atoms with Gasteiger partial charge in [0.15, 0.2) is 8.07 Å². The van der Waals surface area contributed by atoms with Gasteiger partial charge in [-0.1, -0.05) is 103 Å². The van der Waals surface area contributed by atoms with E-state index in [4.69, 9.17) is 24.4 Å². The lowest BCUT2D eigenvalue weighted by Crippen LogP contribution is -2.69. The molecule has 0 saturated heterocycles. The van der Waals surface area contributed by atoms with Gasteiger partial charge in [-0.25, -0.2) is 4.98 Å². The molecule has 2 nitrogen and oxygen atoms in total. The third kappa shape index (κ3) is 4.64. The molecule has 0 atom stereocenters. The van der Waals surface area contributed by atoms with Crippen molar-refractivity contribution in [3.63, 3.8) is 0 Å². The predicted octanol–water partition coefficient (Wildman–Crippen LogP) is 3.68. The fourth-order valence-corrected chi connectivity index (χ4v) is 9.09. The summed E-state index contributed by atoms with van der Waals surface area (Å²) in [6.45, 7) is 0. The van der Waals surface area contributed by atoms with Crippen LogP contribution in [0.2, 0.25) is 0 Å². The standard InChI is InChI=1S/C26H24N2S2Si/c29-18-14-22-6-10-25(11-7-22)31(21-28-17-16-27-20-28,24-4-2-1-3-5-24)26-12-8-23(9-13-26)15-19-30/h1-13,16-20H,14-15,21H2. The van der Waals surface area contributed by atoms with Crippen LogP contribution >= 0.6 is 24.4 Å². The quantitative estimate of drug-likeness (QED) is 0.217. The van der Waals surface area contributed by atoms with Crippen LogP contribution in [0.5, 0.6) is 0 Å². The zero-order chi connectivity index (χ0) is 21.5. The SMILES string of the molecule is S=CCc1ccc([Si](Cn2ccnc2)(c2ccccc2)c2ccc(CC=S)cc2)cc1. The number of thiocarbonyl (C=S) groups is 2. The van der Waals surface area contributed by atoms with Crippen LogP contribution in [0.25, 0.3) is 0 Å². The van der Waals surface area contributed by atoms with Gasteiger partial charge < -0.3 is 4.57 Å². The van der Waals surface area contributed by atoms with Gasteiger partial charge in [-0.15, -0.1) is 0 Å². The first kappa shape index (κ1) is 21.5. The molecule has 154 valence electrons. The van der Waals surface area contributed by atoms with E-state index in [1.165, 1.54) is 26.7 Å². The van der Waals surface area contributed by atoms with E-state index in [0.29, 0.717) is 0 Å². The lowest BCUT2D eigenvalue weighted by Gasteiger charge is -2.34. The lowest BCUT2D eigenvalue weighted by molar-refractivity contribution is 0.862.